The number of rotatable bonds is 5. The summed E-state index contributed by atoms with van der Waals surface area (Å²) in [5.74, 6) is 1.13. The predicted octanol–water partition coefficient (Wildman–Crippen LogP) is 3.10. The Morgan fingerprint density at radius 1 is 1.22 bits per heavy atom. The van der Waals surface area contributed by atoms with Gasteiger partial charge in [0, 0.05) is 36.8 Å². The van der Waals surface area contributed by atoms with Gasteiger partial charge < -0.3 is 14.8 Å². The zero-order valence-electron chi connectivity index (χ0n) is 15.2. The van der Waals surface area contributed by atoms with E-state index in [2.05, 4.69) is 20.5 Å². The summed E-state index contributed by atoms with van der Waals surface area (Å²) in [5.41, 5.74) is 4.50. The summed E-state index contributed by atoms with van der Waals surface area (Å²) in [4.78, 5) is 16.7. The van der Waals surface area contributed by atoms with Crippen molar-refractivity contribution in [2.75, 3.05) is 19.5 Å². The molecule has 1 unspecified atom stereocenters. The Kier molecular flexibility index (Phi) is 4.60. The van der Waals surface area contributed by atoms with E-state index in [9.17, 15) is 4.79 Å². The van der Waals surface area contributed by atoms with Gasteiger partial charge in [-0.05, 0) is 29.8 Å². The molecule has 4 rings (SSSR count). The van der Waals surface area contributed by atoms with Crippen molar-refractivity contribution in [3.63, 3.8) is 0 Å². The molecule has 138 valence electrons. The second-order valence-corrected chi connectivity index (χ2v) is 6.39. The lowest BCUT2D eigenvalue weighted by atomic mass is 9.84. The number of anilines is 1. The number of aromatic nitrogens is 3. The first-order valence-electron chi connectivity index (χ1n) is 8.66. The third-order valence-electron chi connectivity index (χ3n) is 4.73. The fourth-order valence-electron chi connectivity index (χ4n) is 3.53. The van der Waals surface area contributed by atoms with E-state index in [0.717, 1.165) is 33.8 Å². The molecule has 3 heterocycles. The number of methoxy groups -OCH3 is 2. The van der Waals surface area contributed by atoms with Crippen molar-refractivity contribution in [1.29, 1.82) is 0 Å². The van der Waals surface area contributed by atoms with Crippen molar-refractivity contribution in [2.45, 2.75) is 18.9 Å². The number of carbonyl (C=O) groups excluding carboxylic acids is 1. The highest BCUT2D eigenvalue weighted by Gasteiger charge is 2.32. The lowest BCUT2D eigenvalue weighted by Gasteiger charge is -2.24. The van der Waals surface area contributed by atoms with Gasteiger partial charge in [0.2, 0.25) is 5.91 Å². The predicted molar refractivity (Wildman–Crippen MR) is 101 cm³/mol. The molecule has 7 nitrogen and oxygen atoms in total. The van der Waals surface area contributed by atoms with E-state index in [4.69, 9.17) is 9.47 Å². The van der Waals surface area contributed by atoms with Gasteiger partial charge in [0.1, 0.15) is 5.75 Å². The Labute approximate surface area is 156 Å². The average molecular weight is 364 g/mol. The number of nitrogens with zero attached hydrogens (tertiary/aromatic N) is 2. The highest BCUT2D eigenvalue weighted by Crippen LogP contribution is 2.42. The Morgan fingerprint density at radius 3 is 2.85 bits per heavy atom. The van der Waals surface area contributed by atoms with Crippen LogP contribution in [0.25, 0.3) is 11.4 Å². The number of benzene rings is 1. The summed E-state index contributed by atoms with van der Waals surface area (Å²) in [6.45, 7) is 0.432. The second-order valence-electron chi connectivity index (χ2n) is 6.39. The minimum absolute atomic E-state index is 0.0596. The fourth-order valence-corrected chi connectivity index (χ4v) is 3.53. The van der Waals surface area contributed by atoms with Crippen molar-refractivity contribution in [3.8, 4) is 17.1 Å². The molecule has 0 aliphatic carbocycles. The Hall–Kier alpha value is -3.19. The van der Waals surface area contributed by atoms with Gasteiger partial charge in [-0.25, -0.2) is 0 Å². The number of amides is 1. The molecule has 1 amide bonds. The van der Waals surface area contributed by atoms with Crippen LogP contribution in [0.3, 0.4) is 0 Å². The number of pyridine rings is 1. The summed E-state index contributed by atoms with van der Waals surface area (Å²) in [5, 5.41) is 10.2. The molecule has 0 spiro atoms. The highest BCUT2D eigenvalue weighted by atomic mass is 16.5. The number of hydrogen-bond donors (Lipinski definition) is 2. The molecular weight excluding hydrogens is 344 g/mol. The Morgan fingerprint density at radius 2 is 2.11 bits per heavy atom. The lowest BCUT2D eigenvalue weighted by Crippen LogP contribution is -2.23. The number of hydrogen-bond acceptors (Lipinski definition) is 5. The Balaban J connectivity index is 1.83. The molecule has 27 heavy (non-hydrogen) atoms. The lowest BCUT2D eigenvalue weighted by molar-refractivity contribution is -0.116. The van der Waals surface area contributed by atoms with E-state index in [0.29, 0.717) is 18.8 Å². The third-order valence-corrected chi connectivity index (χ3v) is 4.73. The van der Waals surface area contributed by atoms with Gasteiger partial charge >= 0.3 is 0 Å². The van der Waals surface area contributed by atoms with E-state index in [-0.39, 0.29) is 11.8 Å². The third kappa shape index (κ3) is 3.17. The molecule has 0 radical (unpaired) electrons. The molecule has 7 heteroatoms. The van der Waals surface area contributed by atoms with Crippen LogP contribution in [-0.2, 0) is 16.1 Å². The van der Waals surface area contributed by atoms with Gasteiger partial charge in [0.25, 0.3) is 0 Å². The van der Waals surface area contributed by atoms with Crippen molar-refractivity contribution in [2.24, 2.45) is 0 Å². The van der Waals surface area contributed by atoms with E-state index in [1.807, 2.05) is 36.4 Å². The van der Waals surface area contributed by atoms with Crippen LogP contribution in [0.2, 0.25) is 0 Å². The Bertz CT molecular complexity index is 969. The summed E-state index contributed by atoms with van der Waals surface area (Å²) < 4.78 is 10.7. The van der Waals surface area contributed by atoms with Gasteiger partial charge in [0.05, 0.1) is 25.1 Å². The average Bonchev–Trinajstić information content (AvgIpc) is 3.12. The van der Waals surface area contributed by atoms with Gasteiger partial charge in [-0.3, -0.25) is 14.9 Å². The zero-order chi connectivity index (χ0) is 18.8. The smallest absolute Gasteiger partial charge is 0.226 e. The van der Waals surface area contributed by atoms with Crippen LogP contribution in [0.15, 0.2) is 42.6 Å². The minimum atomic E-state index is -0.133. The molecule has 2 aromatic heterocycles. The zero-order valence-corrected chi connectivity index (χ0v) is 15.2. The van der Waals surface area contributed by atoms with E-state index >= 15 is 0 Å². The molecule has 3 aromatic rings. The van der Waals surface area contributed by atoms with Gasteiger partial charge in [-0.15, -0.1) is 0 Å². The minimum Gasteiger partial charge on any atom is -0.496 e. The number of fused-ring (bicyclic) bond motifs is 1. The summed E-state index contributed by atoms with van der Waals surface area (Å²) in [7, 11) is 3.28. The quantitative estimate of drug-likeness (QED) is 0.726. The maximum Gasteiger partial charge on any atom is 0.226 e. The maximum absolute atomic E-state index is 12.3. The van der Waals surface area contributed by atoms with E-state index < -0.39 is 0 Å². The number of H-pyrrole nitrogens is 1. The van der Waals surface area contributed by atoms with Crippen molar-refractivity contribution in [3.05, 3.63) is 59.3 Å². The molecule has 0 saturated heterocycles. The summed E-state index contributed by atoms with van der Waals surface area (Å²) in [6.07, 6.45) is 2.08. The topological polar surface area (TPSA) is 89.1 Å². The maximum atomic E-state index is 12.3. The van der Waals surface area contributed by atoms with Gasteiger partial charge in [-0.1, -0.05) is 12.1 Å². The molecule has 0 bridgehead atoms. The van der Waals surface area contributed by atoms with Crippen LogP contribution < -0.4 is 10.1 Å². The van der Waals surface area contributed by atoms with Crippen molar-refractivity contribution < 1.29 is 14.3 Å². The molecule has 1 aliphatic rings. The van der Waals surface area contributed by atoms with Crippen LogP contribution in [0.4, 0.5) is 5.82 Å². The molecule has 0 fully saturated rings. The largest absolute Gasteiger partial charge is 0.496 e. The molecular formula is C20H20N4O3. The number of aromatic amines is 1. The van der Waals surface area contributed by atoms with Crippen LogP contribution in [0, 0.1) is 0 Å². The van der Waals surface area contributed by atoms with Crippen LogP contribution in [0.5, 0.6) is 5.75 Å². The highest BCUT2D eigenvalue weighted by molar-refractivity contribution is 5.95. The monoisotopic (exact) mass is 364 g/mol. The molecule has 1 aromatic carbocycles. The van der Waals surface area contributed by atoms with Crippen LogP contribution in [0.1, 0.15) is 29.0 Å². The molecule has 1 aliphatic heterocycles. The van der Waals surface area contributed by atoms with Crippen LogP contribution in [-0.4, -0.2) is 35.3 Å². The number of carbonyl (C=O) groups is 1. The first-order valence-corrected chi connectivity index (χ1v) is 8.66. The summed E-state index contributed by atoms with van der Waals surface area (Å²) in [6, 6.07) is 11.6. The molecule has 0 saturated carbocycles. The standard InChI is InChI=1S/C20H20N4O3/c1-26-11-13-9-12(6-7-16(13)27-2)14-10-17(25)22-20-18(14)19(23-24-20)15-5-3-4-8-21-15/h3-9,14H,10-11H2,1-2H3,(H2,22,23,24,25). The fraction of sp³-hybridized carbons (Fsp3) is 0.250. The second kappa shape index (κ2) is 7.20. The normalized spacial score (nSPS) is 15.9. The van der Waals surface area contributed by atoms with Crippen molar-refractivity contribution >= 4 is 11.7 Å². The SMILES string of the molecule is COCc1cc(C2CC(=O)Nc3n[nH]c(-c4ccccn4)c32)ccc1OC. The molecule has 2 N–H and O–H groups in total. The first kappa shape index (κ1) is 17.2. The van der Waals surface area contributed by atoms with Gasteiger partial charge in [0.15, 0.2) is 5.82 Å². The molecule has 1 atom stereocenters. The van der Waals surface area contributed by atoms with E-state index in [1.54, 1.807) is 20.4 Å². The number of nitrogens with one attached hydrogen (secondary N) is 2. The van der Waals surface area contributed by atoms with E-state index in [1.165, 1.54) is 0 Å². The van der Waals surface area contributed by atoms with Crippen LogP contribution >= 0.6 is 0 Å². The van der Waals surface area contributed by atoms with Gasteiger partial charge in [-0.2, -0.15) is 5.10 Å². The van der Waals surface area contributed by atoms with Crippen molar-refractivity contribution in [1.82, 2.24) is 15.2 Å². The summed E-state index contributed by atoms with van der Waals surface area (Å²) >= 11 is 0. The first-order chi connectivity index (χ1) is 13.2. The number of ether oxygens (including phenoxy) is 2.